The van der Waals surface area contributed by atoms with Gasteiger partial charge in [0.15, 0.2) is 11.5 Å². The minimum atomic E-state index is -0.464. The number of primary amides is 1. The van der Waals surface area contributed by atoms with Crippen molar-refractivity contribution in [1.29, 1.82) is 0 Å². The van der Waals surface area contributed by atoms with Crippen LogP contribution < -0.4 is 15.8 Å². The molecule has 0 aliphatic heterocycles. The Kier molecular flexibility index (Phi) is 5.03. The second-order valence-corrected chi connectivity index (χ2v) is 5.43. The van der Waals surface area contributed by atoms with E-state index in [1.54, 1.807) is 6.07 Å². The summed E-state index contributed by atoms with van der Waals surface area (Å²) in [4.78, 5) is 10.9. The number of halogens is 1. The number of aromatic hydroxyl groups is 1. The minimum absolute atomic E-state index is 0.0364. The molecule has 1 aromatic rings. The van der Waals surface area contributed by atoms with Crippen LogP contribution in [0.2, 0.25) is 5.02 Å². The lowest BCUT2D eigenvalue weighted by Gasteiger charge is -2.25. The Morgan fingerprint density at radius 3 is 2.68 bits per heavy atom. The van der Waals surface area contributed by atoms with Gasteiger partial charge in [0.2, 0.25) is 5.91 Å². The third-order valence-corrected chi connectivity index (χ3v) is 2.93. The molecule has 0 fully saturated rings. The lowest BCUT2D eigenvalue weighted by molar-refractivity contribution is -0.119. The van der Waals surface area contributed by atoms with E-state index in [-0.39, 0.29) is 18.1 Å². The third kappa shape index (κ3) is 4.61. The average molecular weight is 287 g/mol. The summed E-state index contributed by atoms with van der Waals surface area (Å²) in [6.45, 7) is 4.07. The number of ether oxygens (including phenoxy) is 1. The van der Waals surface area contributed by atoms with Crippen LogP contribution in [0.15, 0.2) is 12.1 Å². The highest BCUT2D eigenvalue weighted by Crippen LogP contribution is 2.33. The molecule has 0 heterocycles. The smallest absolute Gasteiger partial charge is 0.219 e. The number of phenolic OH excluding ortho intramolecular Hbond substituents is 1. The molecule has 0 saturated heterocycles. The molecule has 0 atom stereocenters. The van der Waals surface area contributed by atoms with Gasteiger partial charge in [-0.25, -0.2) is 0 Å². The fourth-order valence-corrected chi connectivity index (χ4v) is 1.98. The van der Waals surface area contributed by atoms with Gasteiger partial charge in [0.1, 0.15) is 0 Å². The van der Waals surface area contributed by atoms with Crippen molar-refractivity contribution in [3.05, 3.63) is 22.7 Å². The van der Waals surface area contributed by atoms with Crippen molar-refractivity contribution in [2.45, 2.75) is 32.4 Å². The summed E-state index contributed by atoms with van der Waals surface area (Å²) < 4.78 is 5.03. The first-order valence-corrected chi connectivity index (χ1v) is 6.21. The lowest BCUT2D eigenvalue weighted by Crippen LogP contribution is -2.42. The Labute approximate surface area is 117 Å². The number of methoxy groups -OCH3 is 1. The van der Waals surface area contributed by atoms with Gasteiger partial charge in [0.05, 0.1) is 7.11 Å². The molecule has 1 aromatic carbocycles. The lowest BCUT2D eigenvalue weighted by atomic mass is 9.99. The third-order valence-electron chi connectivity index (χ3n) is 2.71. The van der Waals surface area contributed by atoms with Crippen LogP contribution in [0, 0.1) is 0 Å². The Bertz CT molecular complexity index is 475. The number of amides is 1. The van der Waals surface area contributed by atoms with E-state index in [2.05, 4.69) is 5.32 Å². The number of hydrogen-bond donors (Lipinski definition) is 3. The van der Waals surface area contributed by atoms with Gasteiger partial charge in [-0.15, -0.1) is 0 Å². The Balaban J connectivity index is 2.83. The monoisotopic (exact) mass is 286 g/mol. The van der Waals surface area contributed by atoms with Gasteiger partial charge >= 0.3 is 0 Å². The molecule has 6 heteroatoms. The van der Waals surface area contributed by atoms with E-state index in [0.717, 1.165) is 0 Å². The van der Waals surface area contributed by atoms with Gasteiger partial charge in [0, 0.05) is 35.2 Å². The van der Waals surface area contributed by atoms with E-state index >= 15 is 0 Å². The van der Waals surface area contributed by atoms with Crippen molar-refractivity contribution in [2.75, 3.05) is 7.11 Å². The summed E-state index contributed by atoms with van der Waals surface area (Å²) in [5.41, 5.74) is 5.31. The molecule has 0 aliphatic carbocycles. The van der Waals surface area contributed by atoms with Crippen molar-refractivity contribution in [3.63, 3.8) is 0 Å². The van der Waals surface area contributed by atoms with Gasteiger partial charge in [-0.2, -0.15) is 0 Å². The minimum Gasteiger partial charge on any atom is -0.504 e. The maximum Gasteiger partial charge on any atom is 0.219 e. The second-order valence-electron chi connectivity index (χ2n) is 5.00. The van der Waals surface area contributed by atoms with E-state index in [9.17, 15) is 9.90 Å². The SMILES string of the molecule is COc1cc(Cl)cc(CNC(C)(C)CC(N)=O)c1O. The Hall–Kier alpha value is -1.46. The van der Waals surface area contributed by atoms with Crippen LogP contribution >= 0.6 is 11.6 Å². The fraction of sp³-hybridized carbons (Fsp3) is 0.462. The number of nitrogens with one attached hydrogen (secondary N) is 1. The summed E-state index contributed by atoms with van der Waals surface area (Å²) in [5.74, 6) is -0.0309. The largest absolute Gasteiger partial charge is 0.504 e. The maximum atomic E-state index is 10.9. The van der Waals surface area contributed by atoms with Crippen LogP contribution in [0.25, 0.3) is 0 Å². The summed E-state index contributed by atoms with van der Waals surface area (Å²) >= 11 is 5.94. The molecule has 0 saturated carbocycles. The zero-order valence-corrected chi connectivity index (χ0v) is 12.0. The quantitative estimate of drug-likeness (QED) is 0.744. The average Bonchev–Trinajstić information content (AvgIpc) is 2.28. The molecule has 106 valence electrons. The first-order valence-electron chi connectivity index (χ1n) is 5.84. The standard InChI is InChI=1S/C13H19ClN2O3/c1-13(2,6-11(15)17)16-7-8-4-9(14)5-10(19-3)12(8)18/h4-5,16,18H,6-7H2,1-3H3,(H2,15,17). The number of benzene rings is 1. The van der Waals surface area contributed by atoms with Crippen molar-refractivity contribution in [3.8, 4) is 11.5 Å². The van der Waals surface area contributed by atoms with Crippen LogP contribution in [0.5, 0.6) is 11.5 Å². The fourth-order valence-electron chi connectivity index (χ4n) is 1.75. The second kappa shape index (κ2) is 6.12. The van der Waals surface area contributed by atoms with E-state index in [0.29, 0.717) is 22.9 Å². The van der Waals surface area contributed by atoms with Crippen LogP contribution in [0.4, 0.5) is 0 Å². The van der Waals surface area contributed by atoms with E-state index in [1.807, 2.05) is 13.8 Å². The molecule has 0 spiro atoms. The number of carbonyl (C=O) groups is 1. The van der Waals surface area contributed by atoms with Crippen LogP contribution in [0.3, 0.4) is 0 Å². The highest BCUT2D eigenvalue weighted by Gasteiger charge is 2.21. The molecular weight excluding hydrogens is 268 g/mol. The topological polar surface area (TPSA) is 84.6 Å². The molecule has 19 heavy (non-hydrogen) atoms. The van der Waals surface area contributed by atoms with E-state index in [1.165, 1.54) is 13.2 Å². The number of carbonyl (C=O) groups excluding carboxylic acids is 1. The maximum absolute atomic E-state index is 10.9. The normalized spacial score (nSPS) is 11.4. The first-order chi connectivity index (χ1) is 8.75. The molecule has 0 bridgehead atoms. The van der Waals surface area contributed by atoms with Gasteiger partial charge in [-0.05, 0) is 19.9 Å². The molecule has 1 amide bonds. The van der Waals surface area contributed by atoms with Crippen molar-refractivity contribution < 1.29 is 14.6 Å². The Morgan fingerprint density at radius 2 is 2.16 bits per heavy atom. The molecule has 1 rings (SSSR count). The zero-order chi connectivity index (χ0) is 14.6. The number of phenols is 1. The molecule has 0 unspecified atom stereocenters. The zero-order valence-electron chi connectivity index (χ0n) is 11.3. The van der Waals surface area contributed by atoms with Gasteiger partial charge in [-0.3, -0.25) is 4.79 Å². The van der Waals surface area contributed by atoms with E-state index in [4.69, 9.17) is 22.1 Å². The predicted molar refractivity (Wildman–Crippen MR) is 74.4 cm³/mol. The summed E-state index contributed by atoms with van der Waals surface area (Å²) in [6, 6.07) is 3.18. The summed E-state index contributed by atoms with van der Waals surface area (Å²) in [7, 11) is 1.46. The predicted octanol–water partition coefficient (Wildman–Crippen LogP) is 1.80. The number of rotatable bonds is 6. The molecule has 0 radical (unpaired) electrons. The van der Waals surface area contributed by atoms with Gasteiger partial charge in [-0.1, -0.05) is 11.6 Å². The van der Waals surface area contributed by atoms with Crippen molar-refractivity contribution in [2.24, 2.45) is 5.73 Å². The van der Waals surface area contributed by atoms with Crippen LogP contribution in [0.1, 0.15) is 25.8 Å². The van der Waals surface area contributed by atoms with Crippen molar-refractivity contribution in [1.82, 2.24) is 5.32 Å². The molecule has 5 nitrogen and oxygen atoms in total. The molecule has 0 aliphatic rings. The molecule has 0 aromatic heterocycles. The highest BCUT2D eigenvalue weighted by atomic mass is 35.5. The first kappa shape index (κ1) is 15.6. The van der Waals surface area contributed by atoms with Crippen LogP contribution in [-0.2, 0) is 11.3 Å². The molecule has 4 N–H and O–H groups in total. The number of nitrogens with two attached hydrogens (primary N) is 1. The highest BCUT2D eigenvalue weighted by molar-refractivity contribution is 6.30. The van der Waals surface area contributed by atoms with Crippen LogP contribution in [-0.4, -0.2) is 23.7 Å². The van der Waals surface area contributed by atoms with E-state index < -0.39 is 5.54 Å². The summed E-state index contributed by atoms with van der Waals surface area (Å²) in [6.07, 6.45) is 0.200. The Morgan fingerprint density at radius 1 is 1.53 bits per heavy atom. The number of hydrogen-bond acceptors (Lipinski definition) is 4. The van der Waals surface area contributed by atoms with Gasteiger partial charge < -0.3 is 20.9 Å². The summed E-state index contributed by atoms with van der Waals surface area (Å²) in [5, 5.41) is 13.6. The van der Waals surface area contributed by atoms with Crippen molar-refractivity contribution >= 4 is 17.5 Å². The van der Waals surface area contributed by atoms with Gasteiger partial charge in [0.25, 0.3) is 0 Å². The molecular formula is C13H19ClN2O3.